The van der Waals surface area contributed by atoms with E-state index >= 15 is 0 Å². The number of hydrogen-bond donors (Lipinski definition) is 1. The molecule has 0 saturated carbocycles. The second kappa shape index (κ2) is 2.61. The van der Waals surface area contributed by atoms with Crippen molar-refractivity contribution in [2.75, 3.05) is 0 Å². The topological polar surface area (TPSA) is 39.2 Å². The molecule has 0 spiro atoms. The summed E-state index contributed by atoms with van der Waals surface area (Å²) in [5.41, 5.74) is 8.95. The van der Waals surface area contributed by atoms with E-state index in [1.807, 2.05) is 0 Å². The molecule has 2 N–H and O–H groups in total. The van der Waals surface area contributed by atoms with Crippen molar-refractivity contribution in [3.63, 3.8) is 0 Å². The van der Waals surface area contributed by atoms with Gasteiger partial charge in [-0.2, -0.15) is 0 Å². The Kier molecular flexibility index (Phi) is 1.53. The van der Waals surface area contributed by atoms with Gasteiger partial charge in [-0.1, -0.05) is 0 Å². The molecule has 0 aliphatic heterocycles. The van der Waals surface area contributed by atoms with Gasteiger partial charge in [-0.25, -0.2) is 0 Å². The van der Waals surface area contributed by atoms with E-state index in [2.05, 4.69) is 0 Å². The fourth-order valence-electron chi connectivity index (χ4n) is 2.65. The molecular formula is C11H15NO. The average molecular weight is 177 g/mol. The van der Waals surface area contributed by atoms with Crippen LogP contribution in [-0.4, -0.2) is 6.04 Å². The van der Waals surface area contributed by atoms with E-state index in [-0.39, 0.29) is 0 Å². The van der Waals surface area contributed by atoms with Gasteiger partial charge in [0.1, 0.15) is 11.5 Å². The molecular weight excluding hydrogens is 162 g/mol. The number of furan rings is 1. The molecule has 3 rings (SSSR count). The summed E-state index contributed by atoms with van der Waals surface area (Å²) in [6.07, 6.45) is 6.92. The first kappa shape index (κ1) is 7.63. The van der Waals surface area contributed by atoms with Crippen LogP contribution in [0.15, 0.2) is 4.42 Å². The van der Waals surface area contributed by atoms with Crippen molar-refractivity contribution in [1.82, 2.24) is 0 Å². The van der Waals surface area contributed by atoms with Crippen molar-refractivity contribution < 1.29 is 4.42 Å². The number of rotatable bonds is 0. The monoisotopic (exact) mass is 177 g/mol. The minimum Gasteiger partial charge on any atom is -0.465 e. The molecule has 13 heavy (non-hydrogen) atoms. The van der Waals surface area contributed by atoms with Gasteiger partial charge in [-0.15, -0.1) is 0 Å². The maximum Gasteiger partial charge on any atom is 0.109 e. The Bertz CT molecular complexity index is 340. The first-order valence-corrected chi connectivity index (χ1v) is 5.22. The second-order valence-electron chi connectivity index (χ2n) is 4.26. The number of nitrogens with two attached hydrogens (primary N) is 1. The van der Waals surface area contributed by atoms with Crippen molar-refractivity contribution in [2.45, 2.75) is 44.6 Å². The summed E-state index contributed by atoms with van der Waals surface area (Å²) in [4.78, 5) is 0. The molecule has 0 radical (unpaired) electrons. The van der Waals surface area contributed by atoms with Crippen molar-refractivity contribution in [3.05, 3.63) is 22.6 Å². The van der Waals surface area contributed by atoms with E-state index in [1.54, 1.807) is 0 Å². The Morgan fingerprint density at radius 2 is 1.92 bits per heavy atom. The highest BCUT2D eigenvalue weighted by Gasteiger charge is 2.27. The van der Waals surface area contributed by atoms with Gasteiger partial charge in [0, 0.05) is 18.9 Å². The first-order chi connectivity index (χ1) is 6.34. The minimum absolute atomic E-state index is 0.332. The van der Waals surface area contributed by atoms with Crippen LogP contribution in [0.1, 0.15) is 35.5 Å². The SMILES string of the molecule is NC1CCc2c(oc3c2CCC3)C1. The molecule has 0 bridgehead atoms. The van der Waals surface area contributed by atoms with Crippen LogP contribution in [0.5, 0.6) is 0 Å². The van der Waals surface area contributed by atoms with E-state index in [9.17, 15) is 0 Å². The highest BCUT2D eigenvalue weighted by Crippen LogP contribution is 2.34. The van der Waals surface area contributed by atoms with Gasteiger partial charge in [-0.3, -0.25) is 0 Å². The van der Waals surface area contributed by atoms with Crippen molar-refractivity contribution in [2.24, 2.45) is 5.73 Å². The fraction of sp³-hybridized carbons (Fsp3) is 0.636. The maximum absolute atomic E-state index is 5.91. The standard InChI is InChI=1S/C11H15NO/c12-7-4-5-9-8-2-1-3-10(8)13-11(9)6-7/h7H,1-6,12H2. The predicted octanol–water partition coefficient (Wildman–Crippen LogP) is 1.58. The van der Waals surface area contributed by atoms with E-state index in [0.29, 0.717) is 6.04 Å². The average Bonchev–Trinajstić information content (AvgIpc) is 2.62. The van der Waals surface area contributed by atoms with E-state index in [0.717, 1.165) is 25.7 Å². The molecule has 1 aromatic rings. The van der Waals surface area contributed by atoms with Crippen LogP contribution in [0.2, 0.25) is 0 Å². The molecule has 0 fully saturated rings. The molecule has 1 heterocycles. The zero-order valence-corrected chi connectivity index (χ0v) is 7.81. The summed E-state index contributed by atoms with van der Waals surface area (Å²) in [6.45, 7) is 0. The zero-order chi connectivity index (χ0) is 8.84. The van der Waals surface area contributed by atoms with Gasteiger partial charge in [-0.05, 0) is 36.8 Å². The summed E-state index contributed by atoms with van der Waals surface area (Å²) in [5, 5.41) is 0. The van der Waals surface area contributed by atoms with Crippen LogP contribution in [-0.2, 0) is 25.7 Å². The summed E-state index contributed by atoms with van der Waals surface area (Å²) < 4.78 is 5.84. The van der Waals surface area contributed by atoms with Crippen LogP contribution < -0.4 is 5.73 Å². The molecule has 1 aromatic heterocycles. The molecule has 0 aromatic carbocycles. The minimum atomic E-state index is 0.332. The third-order valence-corrected chi connectivity index (χ3v) is 3.33. The molecule has 1 atom stereocenters. The van der Waals surface area contributed by atoms with Crippen molar-refractivity contribution in [1.29, 1.82) is 0 Å². The number of aryl methyl sites for hydroxylation is 1. The molecule has 0 amide bonds. The normalized spacial score (nSPS) is 25.8. The maximum atomic E-state index is 5.91. The predicted molar refractivity (Wildman–Crippen MR) is 50.7 cm³/mol. The Hall–Kier alpha value is -0.760. The largest absolute Gasteiger partial charge is 0.465 e. The molecule has 2 heteroatoms. The Balaban J connectivity index is 2.06. The third-order valence-electron chi connectivity index (χ3n) is 3.33. The molecule has 1 unspecified atom stereocenters. The van der Waals surface area contributed by atoms with Crippen LogP contribution >= 0.6 is 0 Å². The first-order valence-electron chi connectivity index (χ1n) is 5.22. The molecule has 2 aliphatic carbocycles. The van der Waals surface area contributed by atoms with Crippen LogP contribution in [0, 0.1) is 0 Å². The van der Waals surface area contributed by atoms with Crippen molar-refractivity contribution >= 4 is 0 Å². The zero-order valence-electron chi connectivity index (χ0n) is 7.81. The fourth-order valence-corrected chi connectivity index (χ4v) is 2.65. The van der Waals surface area contributed by atoms with Gasteiger partial charge >= 0.3 is 0 Å². The summed E-state index contributed by atoms with van der Waals surface area (Å²) >= 11 is 0. The van der Waals surface area contributed by atoms with Gasteiger partial charge < -0.3 is 10.2 Å². The Morgan fingerprint density at radius 3 is 2.85 bits per heavy atom. The lowest BCUT2D eigenvalue weighted by molar-refractivity contribution is 0.425. The Labute approximate surface area is 78.1 Å². The molecule has 2 aliphatic rings. The lowest BCUT2D eigenvalue weighted by Gasteiger charge is -2.17. The van der Waals surface area contributed by atoms with E-state index in [1.165, 1.54) is 35.5 Å². The lowest BCUT2D eigenvalue weighted by atomic mass is 9.92. The van der Waals surface area contributed by atoms with Crippen LogP contribution in [0.3, 0.4) is 0 Å². The summed E-state index contributed by atoms with van der Waals surface area (Å²) in [5.74, 6) is 2.46. The summed E-state index contributed by atoms with van der Waals surface area (Å²) in [7, 11) is 0. The summed E-state index contributed by atoms with van der Waals surface area (Å²) in [6, 6.07) is 0.332. The quantitative estimate of drug-likeness (QED) is 0.653. The van der Waals surface area contributed by atoms with Crippen molar-refractivity contribution in [3.8, 4) is 0 Å². The molecule has 0 saturated heterocycles. The van der Waals surface area contributed by atoms with Crippen LogP contribution in [0.4, 0.5) is 0 Å². The van der Waals surface area contributed by atoms with Gasteiger partial charge in [0.2, 0.25) is 0 Å². The molecule has 2 nitrogen and oxygen atoms in total. The Morgan fingerprint density at radius 1 is 1.08 bits per heavy atom. The lowest BCUT2D eigenvalue weighted by Crippen LogP contribution is -2.27. The van der Waals surface area contributed by atoms with E-state index in [4.69, 9.17) is 10.2 Å². The highest BCUT2D eigenvalue weighted by molar-refractivity contribution is 5.38. The van der Waals surface area contributed by atoms with Gasteiger partial charge in [0.05, 0.1) is 0 Å². The van der Waals surface area contributed by atoms with Gasteiger partial charge in [0.15, 0.2) is 0 Å². The number of hydrogen-bond acceptors (Lipinski definition) is 2. The van der Waals surface area contributed by atoms with E-state index < -0.39 is 0 Å². The van der Waals surface area contributed by atoms with Crippen LogP contribution in [0.25, 0.3) is 0 Å². The molecule has 70 valence electrons. The smallest absolute Gasteiger partial charge is 0.109 e. The third kappa shape index (κ3) is 1.05. The van der Waals surface area contributed by atoms with Gasteiger partial charge in [0.25, 0.3) is 0 Å². The number of fused-ring (bicyclic) bond motifs is 3. The second-order valence-corrected chi connectivity index (χ2v) is 4.26. The highest BCUT2D eigenvalue weighted by atomic mass is 16.3.